The highest BCUT2D eigenvalue weighted by Gasteiger charge is 2.54. The fraction of sp³-hybridized carbons (Fsp3) is 1.00. The van der Waals surface area contributed by atoms with E-state index >= 15 is 0 Å². The Morgan fingerprint density at radius 2 is 2.08 bits per heavy atom. The second kappa shape index (κ2) is 3.99. The summed E-state index contributed by atoms with van der Waals surface area (Å²) in [7, 11) is 0. The summed E-state index contributed by atoms with van der Waals surface area (Å²) in [5.41, 5.74) is -1.10. The summed E-state index contributed by atoms with van der Waals surface area (Å²) in [6.07, 6.45) is 0.0652. The maximum atomic E-state index is 14.1. The first-order chi connectivity index (χ1) is 5.88. The molecule has 0 amide bonds. The largest absolute Gasteiger partial charge is 0.248 e. The van der Waals surface area contributed by atoms with Crippen molar-refractivity contribution in [1.29, 1.82) is 0 Å². The average molecular weight is 302 g/mol. The van der Waals surface area contributed by atoms with E-state index in [1.165, 1.54) is 6.92 Å². The number of hydrogen-bond acceptors (Lipinski definition) is 0. The number of alkyl halides is 3. The minimum absolute atomic E-state index is 0.0850. The molecule has 78 valence electrons. The lowest BCUT2D eigenvalue weighted by molar-refractivity contribution is -0.0495. The Morgan fingerprint density at radius 3 is 2.38 bits per heavy atom. The van der Waals surface area contributed by atoms with Crippen LogP contribution in [0.25, 0.3) is 0 Å². The van der Waals surface area contributed by atoms with Gasteiger partial charge in [0.2, 0.25) is 0 Å². The van der Waals surface area contributed by atoms with Crippen LogP contribution in [0, 0.1) is 11.8 Å². The van der Waals surface area contributed by atoms with Crippen LogP contribution in [0.15, 0.2) is 0 Å². The van der Waals surface area contributed by atoms with Crippen LogP contribution in [-0.2, 0) is 0 Å². The first kappa shape index (κ1) is 11.7. The molecule has 0 spiro atoms. The number of rotatable bonds is 3. The Bertz CT molecular complexity index is 184. The topological polar surface area (TPSA) is 0 Å². The first-order valence-electron chi connectivity index (χ1n) is 4.85. The van der Waals surface area contributed by atoms with Crippen LogP contribution in [0.2, 0.25) is 0 Å². The molecule has 0 heterocycles. The van der Waals surface area contributed by atoms with Gasteiger partial charge >= 0.3 is 0 Å². The van der Waals surface area contributed by atoms with Crippen molar-refractivity contribution in [1.82, 2.24) is 0 Å². The monoisotopic (exact) mass is 302 g/mol. The molecular weight excluding hydrogens is 285 g/mol. The summed E-state index contributed by atoms with van der Waals surface area (Å²) < 4.78 is 27.3. The van der Waals surface area contributed by atoms with Gasteiger partial charge in [-0.25, -0.2) is 8.78 Å². The van der Waals surface area contributed by atoms with E-state index in [9.17, 15) is 8.78 Å². The van der Waals surface area contributed by atoms with Gasteiger partial charge in [0, 0.05) is 9.84 Å². The van der Waals surface area contributed by atoms with Gasteiger partial charge in [-0.15, -0.1) is 0 Å². The van der Waals surface area contributed by atoms with Crippen molar-refractivity contribution in [2.45, 2.75) is 49.4 Å². The molecule has 0 saturated heterocycles. The quantitative estimate of drug-likeness (QED) is 0.547. The standard InChI is InChI=1S/C10H17F2I/c1-6(4-7(2)11)10(12)5-9(13)8(10)3/h6-9H,4-5H2,1-3H3. The fourth-order valence-electron chi connectivity index (χ4n) is 2.13. The molecular formula is C10H17F2I. The molecule has 5 atom stereocenters. The Balaban J connectivity index is 2.51. The highest BCUT2D eigenvalue weighted by molar-refractivity contribution is 14.1. The molecule has 0 aromatic rings. The summed E-state index contributed by atoms with van der Waals surface area (Å²) in [5.74, 6) is -0.0598. The van der Waals surface area contributed by atoms with E-state index in [1.807, 2.05) is 13.8 Å². The maximum absolute atomic E-state index is 14.1. The van der Waals surface area contributed by atoms with Gasteiger partial charge in [0.25, 0.3) is 0 Å². The van der Waals surface area contributed by atoms with E-state index in [0.29, 0.717) is 16.8 Å². The van der Waals surface area contributed by atoms with Crippen LogP contribution >= 0.6 is 22.6 Å². The van der Waals surface area contributed by atoms with Crippen LogP contribution < -0.4 is 0 Å². The van der Waals surface area contributed by atoms with Gasteiger partial charge in [-0.3, -0.25) is 0 Å². The molecule has 0 N–H and O–H groups in total. The molecule has 1 aliphatic carbocycles. The molecule has 5 unspecified atom stereocenters. The second-order valence-corrected chi connectivity index (χ2v) is 5.95. The summed E-state index contributed by atoms with van der Waals surface area (Å²) in [6.45, 7) is 5.26. The third-order valence-electron chi connectivity index (χ3n) is 3.30. The van der Waals surface area contributed by atoms with Crippen molar-refractivity contribution >= 4 is 22.6 Å². The van der Waals surface area contributed by atoms with Gasteiger partial charge < -0.3 is 0 Å². The minimum Gasteiger partial charge on any atom is -0.248 e. The predicted molar refractivity (Wildman–Crippen MR) is 59.8 cm³/mol. The van der Waals surface area contributed by atoms with Crippen molar-refractivity contribution in [2.24, 2.45) is 11.8 Å². The van der Waals surface area contributed by atoms with Gasteiger partial charge in [0.1, 0.15) is 5.67 Å². The molecule has 1 saturated carbocycles. The van der Waals surface area contributed by atoms with Crippen LogP contribution in [0.1, 0.15) is 33.6 Å². The first-order valence-corrected chi connectivity index (χ1v) is 6.09. The van der Waals surface area contributed by atoms with Crippen molar-refractivity contribution in [2.75, 3.05) is 0 Å². The van der Waals surface area contributed by atoms with Crippen molar-refractivity contribution in [3.05, 3.63) is 0 Å². The fourth-order valence-corrected chi connectivity index (χ4v) is 3.41. The smallest absolute Gasteiger partial charge is 0.118 e. The van der Waals surface area contributed by atoms with Crippen molar-refractivity contribution < 1.29 is 8.78 Å². The highest BCUT2D eigenvalue weighted by atomic mass is 127. The Morgan fingerprint density at radius 1 is 1.54 bits per heavy atom. The number of hydrogen-bond donors (Lipinski definition) is 0. The summed E-state index contributed by atoms with van der Waals surface area (Å²) in [5, 5.41) is 0. The Labute approximate surface area is 92.6 Å². The molecule has 13 heavy (non-hydrogen) atoms. The van der Waals surface area contributed by atoms with Gasteiger partial charge in [0.15, 0.2) is 0 Å². The lowest BCUT2D eigenvalue weighted by Crippen LogP contribution is -2.54. The average Bonchev–Trinajstić information content (AvgIpc) is 2.02. The highest BCUT2D eigenvalue weighted by Crippen LogP contribution is 2.52. The van der Waals surface area contributed by atoms with E-state index in [-0.39, 0.29) is 11.8 Å². The van der Waals surface area contributed by atoms with Gasteiger partial charge in [0.05, 0.1) is 6.17 Å². The van der Waals surface area contributed by atoms with E-state index in [4.69, 9.17) is 0 Å². The SMILES string of the molecule is CC(F)CC(C)C1(F)CC(I)C1C. The molecule has 3 heteroatoms. The van der Waals surface area contributed by atoms with Gasteiger partial charge in [-0.1, -0.05) is 36.4 Å². The molecule has 0 bridgehead atoms. The third-order valence-corrected chi connectivity index (χ3v) is 4.82. The van der Waals surface area contributed by atoms with E-state index in [0.717, 1.165) is 0 Å². The second-order valence-electron chi connectivity index (χ2n) is 4.35. The lowest BCUT2D eigenvalue weighted by Gasteiger charge is -2.49. The summed E-state index contributed by atoms with van der Waals surface area (Å²) in [4.78, 5) is 0. The third kappa shape index (κ3) is 2.16. The molecule has 0 aromatic carbocycles. The van der Waals surface area contributed by atoms with Crippen LogP contribution in [0.3, 0.4) is 0 Å². The van der Waals surface area contributed by atoms with Crippen molar-refractivity contribution in [3.8, 4) is 0 Å². The summed E-state index contributed by atoms with van der Waals surface area (Å²) >= 11 is 2.28. The lowest BCUT2D eigenvalue weighted by atomic mass is 9.64. The Kier molecular flexibility index (Phi) is 3.58. The van der Waals surface area contributed by atoms with E-state index in [1.54, 1.807) is 0 Å². The van der Waals surface area contributed by atoms with E-state index < -0.39 is 11.8 Å². The van der Waals surface area contributed by atoms with E-state index in [2.05, 4.69) is 22.6 Å². The molecule has 0 aromatic heterocycles. The van der Waals surface area contributed by atoms with Gasteiger partial charge in [-0.2, -0.15) is 0 Å². The zero-order valence-electron chi connectivity index (χ0n) is 8.36. The molecule has 0 radical (unpaired) electrons. The number of halogens is 3. The normalized spacial score (nSPS) is 43.8. The summed E-state index contributed by atoms with van der Waals surface area (Å²) in [6, 6.07) is 0. The molecule has 1 aliphatic rings. The molecule has 1 rings (SSSR count). The maximum Gasteiger partial charge on any atom is 0.118 e. The minimum atomic E-state index is -1.10. The van der Waals surface area contributed by atoms with Crippen LogP contribution in [0.4, 0.5) is 8.78 Å². The molecule has 1 fully saturated rings. The van der Waals surface area contributed by atoms with Crippen LogP contribution in [0.5, 0.6) is 0 Å². The zero-order chi connectivity index (χ0) is 10.2. The van der Waals surface area contributed by atoms with Crippen LogP contribution in [-0.4, -0.2) is 15.8 Å². The molecule has 0 nitrogen and oxygen atoms in total. The predicted octanol–water partition coefficient (Wildman–Crippen LogP) is 3.92. The zero-order valence-corrected chi connectivity index (χ0v) is 10.5. The molecule has 0 aliphatic heterocycles. The van der Waals surface area contributed by atoms with Gasteiger partial charge in [-0.05, 0) is 25.7 Å². The van der Waals surface area contributed by atoms with Crippen molar-refractivity contribution in [3.63, 3.8) is 0 Å². The Hall–Kier alpha value is 0.590.